The number of halogens is 2. The number of rotatable bonds is 2. The van der Waals surface area contributed by atoms with Crippen molar-refractivity contribution in [2.75, 3.05) is 0 Å². The molecule has 122 valence electrons. The molecule has 3 nitrogen and oxygen atoms in total. The Morgan fingerprint density at radius 2 is 1.88 bits per heavy atom. The molecule has 0 unspecified atom stereocenters. The number of aromatic amines is 1. The van der Waals surface area contributed by atoms with E-state index in [1.54, 1.807) is 12.3 Å². The summed E-state index contributed by atoms with van der Waals surface area (Å²) in [4.78, 5) is 0. The maximum atomic E-state index is 13.8. The number of fused-ring (bicyclic) bond motifs is 2. The molecule has 2 aromatic heterocycles. The predicted molar refractivity (Wildman–Crippen MR) is 91.7 cm³/mol. The van der Waals surface area contributed by atoms with Crippen molar-refractivity contribution >= 4 is 21.8 Å². The average molecular weight is 325 g/mol. The third-order valence-corrected chi connectivity index (χ3v) is 4.53. The zero-order valence-corrected chi connectivity index (χ0v) is 13.7. The van der Waals surface area contributed by atoms with Gasteiger partial charge in [0.1, 0.15) is 0 Å². The van der Waals surface area contributed by atoms with Crippen molar-refractivity contribution in [3.63, 3.8) is 0 Å². The third-order valence-electron chi connectivity index (χ3n) is 4.53. The van der Waals surface area contributed by atoms with Gasteiger partial charge in [0.05, 0.1) is 17.2 Å². The van der Waals surface area contributed by atoms with Gasteiger partial charge < -0.3 is 4.57 Å². The van der Waals surface area contributed by atoms with Crippen LogP contribution in [0.3, 0.4) is 0 Å². The highest BCUT2D eigenvalue weighted by Crippen LogP contribution is 2.35. The molecular formula is C19H17F2N3. The van der Waals surface area contributed by atoms with E-state index in [9.17, 15) is 8.78 Å². The van der Waals surface area contributed by atoms with Crippen LogP contribution in [-0.4, -0.2) is 14.8 Å². The molecular weight excluding hydrogens is 308 g/mol. The van der Waals surface area contributed by atoms with E-state index in [2.05, 4.69) is 37.0 Å². The van der Waals surface area contributed by atoms with E-state index in [0.717, 1.165) is 33.1 Å². The lowest BCUT2D eigenvalue weighted by Crippen LogP contribution is -2.04. The van der Waals surface area contributed by atoms with Crippen LogP contribution in [0.1, 0.15) is 31.0 Å². The minimum absolute atomic E-state index is 0.238. The number of hydrogen-bond acceptors (Lipinski definition) is 1. The molecule has 0 aliphatic rings. The molecule has 0 saturated carbocycles. The van der Waals surface area contributed by atoms with Crippen LogP contribution in [0, 0.1) is 18.6 Å². The Hall–Kier alpha value is -2.69. The Bertz CT molecular complexity index is 1070. The smallest absolute Gasteiger partial charge is 0.160 e. The maximum Gasteiger partial charge on any atom is 0.160 e. The van der Waals surface area contributed by atoms with Crippen molar-refractivity contribution in [1.29, 1.82) is 0 Å². The highest BCUT2D eigenvalue weighted by Gasteiger charge is 2.19. The predicted octanol–water partition coefficient (Wildman–Crippen LogP) is 5.22. The van der Waals surface area contributed by atoms with Gasteiger partial charge in [-0.2, -0.15) is 5.10 Å². The molecule has 0 fully saturated rings. The zero-order chi connectivity index (χ0) is 17.0. The largest absolute Gasteiger partial charge is 0.313 e. The summed E-state index contributed by atoms with van der Waals surface area (Å²) in [5.41, 5.74) is 4.79. The molecule has 24 heavy (non-hydrogen) atoms. The van der Waals surface area contributed by atoms with Gasteiger partial charge >= 0.3 is 0 Å². The first-order chi connectivity index (χ1) is 11.5. The molecule has 1 N–H and O–H groups in total. The van der Waals surface area contributed by atoms with Crippen LogP contribution < -0.4 is 0 Å². The highest BCUT2D eigenvalue weighted by atomic mass is 19.2. The van der Waals surface area contributed by atoms with E-state index in [1.165, 1.54) is 12.1 Å². The summed E-state index contributed by atoms with van der Waals surface area (Å²) in [6, 6.07) is 8.14. The average Bonchev–Trinajstić information content (AvgIpc) is 3.10. The summed E-state index contributed by atoms with van der Waals surface area (Å²) in [7, 11) is 0. The fourth-order valence-corrected chi connectivity index (χ4v) is 3.49. The number of H-pyrrole nitrogens is 1. The number of aromatic nitrogens is 3. The molecule has 0 spiro atoms. The van der Waals surface area contributed by atoms with Gasteiger partial charge in [-0.05, 0) is 42.7 Å². The van der Waals surface area contributed by atoms with E-state index in [-0.39, 0.29) is 5.92 Å². The van der Waals surface area contributed by atoms with Gasteiger partial charge in [0.15, 0.2) is 11.6 Å². The Morgan fingerprint density at radius 3 is 2.58 bits per heavy atom. The molecule has 2 aromatic carbocycles. The van der Waals surface area contributed by atoms with E-state index >= 15 is 0 Å². The first-order valence-corrected chi connectivity index (χ1v) is 7.91. The van der Waals surface area contributed by atoms with E-state index in [1.807, 2.05) is 10.6 Å². The SMILES string of the molecule is Cc1c(C(C)C)n(-c2ccc(F)c(F)c2)c2cc3cn[nH]c3cc12. The van der Waals surface area contributed by atoms with Gasteiger partial charge in [-0.25, -0.2) is 8.78 Å². The van der Waals surface area contributed by atoms with Gasteiger partial charge in [0, 0.05) is 28.2 Å². The summed E-state index contributed by atoms with van der Waals surface area (Å²) >= 11 is 0. The van der Waals surface area contributed by atoms with E-state index in [4.69, 9.17) is 0 Å². The Labute approximate surface area is 137 Å². The zero-order valence-electron chi connectivity index (χ0n) is 13.7. The molecule has 0 aliphatic heterocycles. The quantitative estimate of drug-likeness (QED) is 0.539. The second kappa shape index (κ2) is 5.16. The Balaban J connectivity index is 2.14. The van der Waals surface area contributed by atoms with Gasteiger partial charge in [-0.3, -0.25) is 5.10 Å². The Morgan fingerprint density at radius 1 is 1.08 bits per heavy atom. The molecule has 4 aromatic rings. The van der Waals surface area contributed by atoms with Gasteiger partial charge in [-0.15, -0.1) is 0 Å². The van der Waals surface area contributed by atoms with Crippen molar-refractivity contribution in [1.82, 2.24) is 14.8 Å². The van der Waals surface area contributed by atoms with Crippen LogP contribution >= 0.6 is 0 Å². The maximum absolute atomic E-state index is 13.8. The number of nitrogens with zero attached hydrogens (tertiary/aromatic N) is 2. The van der Waals surface area contributed by atoms with Crippen LogP contribution in [0.25, 0.3) is 27.5 Å². The van der Waals surface area contributed by atoms with Crippen LogP contribution in [0.2, 0.25) is 0 Å². The molecule has 2 heterocycles. The summed E-state index contributed by atoms with van der Waals surface area (Å²) in [6.07, 6.45) is 1.77. The number of benzene rings is 2. The van der Waals surface area contributed by atoms with Crippen LogP contribution in [0.4, 0.5) is 8.78 Å². The molecule has 0 atom stereocenters. The third kappa shape index (κ3) is 2.04. The van der Waals surface area contributed by atoms with Gasteiger partial charge in [0.2, 0.25) is 0 Å². The first kappa shape index (κ1) is 14.9. The number of nitrogens with one attached hydrogen (secondary N) is 1. The lowest BCUT2D eigenvalue weighted by atomic mass is 10.0. The molecule has 0 aliphatic carbocycles. The molecule has 4 rings (SSSR count). The lowest BCUT2D eigenvalue weighted by molar-refractivity contribution is 0.508. The molecule has 0 saturated heterocycles. The minimum Gasteiger partial charge on any atom is -0.313 e. The minimum atomic E-state index is -0.842. The van der Waals surface area contributed by atoms with E-state index in [0.29, 0.717) is 5.69 Å². The van der Waals surface area contributed by atoms with Crippen LogP contribution in [0.5, 0.6) is 0 Å². The van der Waals surface area contributed by atoms with Gasteiger partial charge in [-0.1, -0.05) is 13.8 Å². The summed E-state index contributed by atoms with van der Waals surface area (Å²) < 4.78 is 29.2. The van der Waals surface area contributed by atoms with Crippen molar-refractivity contribution in [2.45, 2.75) is 26.7 Å². The first-order valence-electron chi connectivity index (χ1n) is 7.91. The van der Waals surface area contributed by atoms with Gasteiger partial charge in [0.25, 0.3) is 0 Å². The molecule has 0 radical (unpaired) electrons. The van der Waals surface area contributed by atoms with Crippen molar-refractivity contribution in [2.24, 2.45) is 0 Å². The van der Waals surface area contributed by atoms with Crippen molar-refractivity contribution in [3.8, 4) is 5.69 Å². The summed E-state index contributed by atoms with van der Waals surface area (Å²) in [5.74, 6) is -1.44. The molecule has 5 heteroatoms. The highest BCUT2D eigenvalue weighted by molar-refractivity contribution is 5.98. The monoisotopic (exact) mass is 325 g/mol. The van der Waals surface area contributed by atoms with Crippen LogP contribution in [-0.2, 0) is 0 Å². The fourth-order valence-electron chi connectivity index (χ4n) is 3.49. The topological polar surface area (TPSA) is 33.6 Å². The van der Waals surface area contributed by atoms with Crippen LogP contribution in [0.15, 0.2) is 36.5 Å². The summed E-state index contributed by atoms with van der Waals surface area (Å²) in [6.45, 7) is 6.27. The molecule has 0 bridgehead atoms. The van der Waals surface area contributed by atoms with Crippen molar-refractivity contribution in [3.05, 3.63) is 59.4 Å². The second-order valence-corrected chi connectivity index (χ2v) is 6.43. The Kier molecular flexibility index (Phi) is 3.20. The lowest BCUT2D eigenvalue weighted by Gasteiger charge is -2.15. The second-order valence-electron chi connectivity index (χ2n) is 6.43. The van der Waals surface area contributed by atoms with E-state index < -0.39 is 11.6 Å². The fraction of sp³-hybridized carbons (Fsp3) is 0.211. The number of hydrogen-bond donors (Lipinski definition) is 1. The van der Waals surface area contributed by atoms with Crippen molar-refractivity contribution < 1.29 is 8.78 Å². The molecule has 0 amide bonds. The standard InChI is InChI=1S/C19H17F2N3/c1-10(2)19-11(3)14-8-17-12(9-22-23-17)6-18(14)24(19)13-4-5-15(20)16(21)7-13/h4-10H,1-3H3,(H,22,23). The summed E-state index contributed by atoms with van der Waals surface area (Å²) in [5, 5.41) is 9.13. The number of aryl methyl sites for hydroxylation is 1. The normalized spacial score (nSPS) is 11.9.